The fourth-order valence-corrected chi connectivity index (χ4v) is 1.82. The first-order chi connectivity index (χ1) is 7.95. The van der Waals surface area contributed by atoms with Crippen molar-refractivity contribution in [3.63, 3.8) is 0 Å². The monoisotopic (exact) mass is 243 g/mol. The Balaban J connectivity index is 2.69. The Hall–Kier alpha value is -1.16. The van der Waals surface area contributed by atoms with Crippen LogP contribution < -0.4 is 5.32 Å². The highest BCUT2D eigenvalue weighted by molar-refractivity contribution is 5.29. The molecule has 0 aliphatic heterocycles. The fourth-order valence-electron chi connectivity index (χ4n) is 1.82. The second-order valence-electron chi connectivity index (χ2n) is 4.55. The summed E-state index contributed by atoms with van der Waals surface area (Å²) in [4.78, 5) is 0. The molecule has 1 aromatic carbocycles. The van der Waals surface area contributed by atoms with Crippen LogP contribution in [0.1, 0.15) is 32.8 Å². The summed E-state index contributed by atoms with van der Waals surface area (Å²) in [7, 11) is 0. The Morgan fingerprint density at radius 2 is 1.76 bits per heavy atom. The molecule has 2 nitrogen and oxygen atoms in total. The van der Waals surface area contributed by atoms with Crippen molar-refractivity contribution >= 4 is 0 Å². The van der Waals surface area contributed by atoms with Crippen molar-refractivity contribution in [2.24, 2.45) is 5.92 Å². The smallest absolute Gasteiger partial charge is 0.187 e. The van der Waals surface area contributed by atoms with E-state index in [2.05, 4.69) is 26.1 Å². The summed E-state index contributed by atoms with van der Waals surface area (Å²) in [6, 6.07) is 2.62. The minimum absolute atomic E-state index is 0.315. The first kappa shape index (κ1) is 13.9. The summed E-state index contributed by atoms with van der Waals surface area (Å²) in [6.45, 7) is 6.65. The second-order valence-corrected chi connectivity index (χ2v) is 4.55. The topological polar surface area (TPSA) is 32.3 Å². The number of hydrogen-bond acceptors (Lipinski definition) is 2. The molecule has 0 spiro atoms. The summed E-state index contributed by atoms with van der Waals surface area (Å²) in [5.74, 6) is -2.28. The Morgan fingerprint density at radius 3 is 2.18 bits per heavy atom. The van der Waals surface area contributed by atoms with Crippen LogP contribution in [0.3, 0.4) is 0 Å². The number of phenolic OH excluding ortho intramolecular Hbond substituents is 1. The molecule has 1 unspecified atom stereocenters. The zero-order valence-corrected chi connectivity index (χ0v) is 10.4. The molecule has 0 saturated carbocycles. The maximum atomic E-state index is 13.1. The van der Waals surface area contributed by atoms with Gasteiger partial charge in [0.05, 0.1) is 0 Å². The number of phenols is 1. The molecule has 96 valence electrons. The van der Waals surface area contributed by atoms with Gasteiger partial charge in [-0.2, -0.15) is 0 Å². The van der Waals surface area contributed by atoms with Crippen LogP contribution in [0.15, 0.2) is 12.1 Å². The molecule has 2 N–H and O–H groups in total. The summed E-state index contributed by atoms with van der Waals surface area (Å²) < 4.78 is 26.2. The molecule has 0 bridgehead atoms. The van der Waals surface area contributed by atoms with Gasteiger partial charge in [-0.15, -0.1) is 0 Å². The molecule has 0 aliphatic carbocycles. The quantitative estimate of drug-likeness (QED) is 0.832. The van der Waals surface area contributed by atoms with Gasteiger partial charge in [-0.1, -0.05) is 20.8 Å². The molecule has 0 radical (unpaired) electrons. The molecule has 1 rings (SSSR count). The lowest BCUT2D eigenvalue weighted by Gasteiger charge is -2.20. The second kappa shape index (κ2) is 5.96. The number of benzene rings is 1. The number of nitrogens with one attached hydrogen (secondary N) is 1. The van der Waals surface area contributed by atoms with Crippen LogP contribution >= 0.6 is 0 Å². The summed E-state index contributed by atoms with van der Waals surface area (Å²) in [5.41, 5.74) is 0.497. The lowest BCUT2D eigenvalue weighted by atomic mass is 10.0. The predicted octanol–water partition coefficient (Wildman–Crippen LogP) is 3.19. The number of hydrogen-bond donors (Lipinski definition) is 2. The van der Waals surface area contributed by atoms with Gasteiger partial charge in [0, 0.05) is 12.6 Å². The highest BCUT2D eigenvalue weighted by Crippen LogP contribution is 2.21. The average molecular weight is 243 g/mol. The van der Waals surface area contributed by atoms with E-state index in [0.717, 1.165) is 18.6 Å². The van der Waals surface area contributed by atoms with Crippen LogP contribution in [0.2, 0.25) is 0 Å². The van der Waals surface area contributed by atoms with Crippen LogP contribution in [0.5, 0.6) is 5.75 Å². The van der Waals surface area contributed by atoms with Crippen molar-refractivity contribution in [2.45, 2.75) is 39.8 Å². The van der Waals surface area contributed by atoms with E-state index in [1.54, 1.807) is 0 Å². The molecule has 0 saturated heterocycles. The Morgan fingerprint density at radius 1 is 1.24 bits per heavy atom. The van der Waals surface area contributed by atoms with Gasteiger partial charge in [0.1, 0.15) is 0 Å². The minimum atomic E-state index is -0.917. The molecule has 0 aromatic heterocycles. The van der Waals surface area contributed by atoms with Crippen molar-refractivity contribution in [2.75, 3.05) is 0 Å². The third-order valence-corrected chi connectivity index (χ3v) is 2.89. The summed E-state index contributed by atoms with van der Waals surface area (Å²) in [6.07, 6.45) is 0.959. The molecular formula is C13H19F2NO. The molecule has 17 heavy (non-hydrogen) atoms. The molecule has 4 heteroatoms. The van der Waals surface area contributed by atoms with Gasteiger partial charge in [-0.25, -0.2) is 8.78 Å². The van der Waals surface area contributed by atoms with Crippen molar-refractivity contribution in [1.82, 2.24) is 5.32 Å². The van der Waals surface area contributed by atoms with Crippen LogP contribution in [-0.4, -0.2) is 11.1 Å². The normalized spacial score (nSPS) is 13.1. The summed E-state index contributed by atoms with van der Waals surface area (Å²) >= 11 is 0. The van der Waals surface area contributed by atoms with Gasteiger partial charge < -0.3 is 10.4 Å². The van der Waals surface area contributed by atoms with Gasteiger partial charge >= 0.3 is 0 Å². The number of halogens is 2. The van der Waals surface area contributed by atoms with E-state index in [0.29, 0.717) is 24.1 Å². The van der Waals surface area contributed by atoms with Crippen LogP contribution in [0.25, 0.3) is 0 Å². The van der Waals surface area contributed by atoms with Gasteiger partial charge in [-0.05, 0) is 30.0 Å². The summed E-state index contributed by atoms with van der Waals surface area (Å²) in [5, 5.41) is 12.2. The largest absolute Gasteiger partial charge is 0.503 e. The third-order valence-electron chi connectivity index (χ3n) is 2.89. The third kappa shape index (κ3) is 3.66. The zero-order valence-electron chi connectivity index (χ0n) is 10.4. The molecular weight excluding hydrogens is 224 g/mol. The zero-order chi connectivity index (χ0) is 13.0. The van der Waals surface area contributed by atoms with Crippen LogP contribution in [0.4, 0.5) is 8.78 Å². The van der Waals surface area contributed by atoms with E-state index < -0.39 is 17.4 Å². The van der Waals surface area contributed by atoms with E-state index in [-0.39, 0.29) is 0 Å². The average Bonchev–Trinajstić information content (AvgIpc) is 2.26. The van der Waals surface area contributed by atoms with Gasteiger partial charge in [0.25, 0.3) is 0 Å². The highest BCUT2D eigenvalue weighted by atomic mass is 19.1. The molecule has 1 aromatic rings. The van der Waals surface area contributed by atoms with Crippen molar-refractivity contribution < 1.29 is 13.9 Å². The van der Waals surface area contributed by atoms with E-state index >= 15 is 0 Å². The van der Waals surface area contributed by atoms with E-state index in [9.17, 15) is 8.78 Å². The molecule has 0 amide bonds. The van der Waals surface area contributed by atoms with E-state index in [4.69, 9.17) is 5.11 Å². The molecule has 0 heterocycles. The van der Waals surface area contributed by atoms with E-state index in [1.807, 2.05) is 0 Å². The molecule has 0 aliphatic rings. The predicted molar refractivity (Wildman–Crippen MR) is 63.8 cm³/mol. The SMILES string of the molecule is CCC(NCc1cc(F)c(O)c(F)c1)C(C)C. The van der Waals surface area contributed by atoms with Crippen molar-refractivity contribution in [3.8, 4) is 5.75 Å². The Kier molecular flexibility index (Phi) is 4.87. The lowest BCUT2D eigenvalue weighted by molar-refractivity contribution is 0.381. The van der Waals surface area contributed by atoms with Gasteiger partial charge in [0.2, 0.25) is 0 Å². The Bertz CT molecular complexity index is 357. The number of aromatic hydroxyl groups is 1. The number of rotatable bonds is 5. The van der Waals surface area contributed by atoms with E-state index in [1.165, 1.54) is 0 Å². The lowest BCUT2D eigenvalue weighted by Crippen LogP contribution is -2.32. The first-order valence-corrected chi connectivity index (χ1v) is 5.86. The maximum absolute atomic E-state index is 13.1. The molecule has 0 fully saturated rings. The first-order valence-electron chi connectivity index (χ1n) is 5.86. The van der Waals surface area contributed by atoms with Crippen molar-refractivity contribution in [3.05, 3.63) is 29.3 Å². The van der Waals surface area contributed by atoms with Crippen molar-refractivity contribution in [1.29, 1.82) is 0 Å². The molecule has 1 atom stereocenters. The minimum Gasteiger partial charge on any atom is -0.503 e. The van der Waals surface area contributed by atoms with Gasteiger partial charge in [0.15, 0.2) is 17.4 Å². The fraction of sp³-hybridized carbons (Fsp3) is 0.538. The van der Waals surface area contributed by atoms with Crippen LogP contribution in [0, 0.1) is 17.6 Å². The Labute approximate surface area is 101 Å². The standard InChI is InChI=1S/C13H19F2NO/c1-4-12(8(2)3)16-7-9-5-10(14)13(17)11(15)6-9/h5-6,8,12,16-17H,4,7H2,1-3H3. The maximum Gasteiger partial charge on any atom is 0.187 e. The highest BCUT2D eigenvalue weighted by Gasteiger charge is 2.12. The van der Waals surface area contributed by atoms with Gasteiger partial charge in [-0.3, -0.25) is 0 Å². The van der Waals surface area contributed by atoms with Crippen LogP contribution in [-0.2, 0) is 6.54 Å².